The number of hydrazone groups is 1. The van der Waals surface area contributed by atoms with Gasteiger partial charge < -0.3 is 4.74 Å². The van der Waals surface area contributed by atoms with Gasteiger partial charge in [0.25, 0.3) is 5.91 Å². The number of H-pyrrole nitrogens is 1. The largest absolute Gasteiger partial charge is 0.489 e. The van der Waals surface area contributed by atoms with Gasteiger partial charge in [-0.15, -0.1) is 0 Å². The van der Waals surface area contributed by atoms with Crippen molar-refractivity contribution in [2.75, 3.05) is 0 Å². The van der Waals surface area contributed by atoms with E-state index in [9.17, 15) is 4.79 Å². The van der Waals surface area contributed by atoms with Gasteiger partial charge in [0.15, 0.2) is 0 Å². The number of aromatic nitrogens is 2. The van der Waals surface area contributed by atoms with Crippen LogP contribution in [0.4, 0.5) is 0 Å². The maximum absolute atomic E-state index is 12.4. The summed E-state index contributed by atoms with van der Waals surface area (Å²) in [6.45, 7) is 0.464. The normalized spacial score (nSPS) is 10.9. The van der Waals surface area contributed by atoms with Crippen LogP contribution in [-0.2, 0) is 6.61 Å². The van der Waals surface area contributed by atoms with Crippen LogP contribution in [0.2, 0.25) is 10.0 Å². The molecule has 0 saturated heterocycles. The van der Waals surface area contributed by atoms with Gasteiger partial charge in [0, 0.05) is 11.1 Å². The van der Waals surface area contributed by atoms with Crippen LogP contribution in [0.3, 0.4) is 0 Å². The number of amides is 1. The molecule has 4 rings (SSSR count). The number of aromatic amines is 1. The zero-order chi connectivity index (χ0) is 22.3. The molecule has 0 saturated carbocycles. The molecule has 32 heavy (non-hydrogen) atoms. The van der Waals surface area contributed by atoms with Crippen molar-refractivity contribution < 1.29 is 9.53 Å². The zero-order valence-electron chi connectivity index (χ0n) is 16.8. The Kier molecular flexibility index (Phi) is 6.84. The lowest BCUT2D eigenvalue weighted by Gasteiger charge is -2.07. The smallest absolute Gasteiger partial charge is 0.289 e. The van der Waals surface area contributed by atoms with Crippen LogP contribution >= 0.6 is 23.2 Å². The molecule has 0 aliphatic carbocycles. The fourth-order valence-corrected chi connectivity index (χ4v) is 3.42. The van der Waals surface area contributed by atoms with Gasteiger partial charge in [-0.1, -0.05) is 71.7 Å². The van der Waals surface area contributed by atoms with Crippen molar-refractivity contribution in [1.82, 2.24) is 15.6 Å². The second-order valence-corrected chi connectivity index (χ2v) is 7.62. The third kappa shape index (κ3) is 5.35. The number of hydrogen-bond donors (Lipinski definition) is 2. The number of nitrogens with zero attached hydrogens (tertiary/aromatic N) is 2. The number of benzene rings is 3. The third-order valence-electron chi connectivity index (χ3n) is 4.56. The van der Waals surface area contributed by atoms with E-state index in [0.717, 1.165) is 11.1 Å². The first-order chi connectivity index (χ1) is 15.6. The van der Waals surface area contributed by atoms with Crippen LogP contribution in [0.15, 0.2) is 84.0 Å². The third-order valence-corrected chi connectivity index (χ3v) is 5.22. The van der Waals surface area contributed by atoms with Gasteiger partial charge in [-0.25, -0.2) is 5.43 Å². The first-order valence-electron chi connectivity index (χ1n) is 9.70. The van der Waals surface area contributed by atoms with Crippen molar-refractivity contribution >= 4 is 35.3 Å². The van der Waals surface area contributed by atoms with E-state index in [1.54, 1.807) is 24.3 Å². The van der Waals surface area contributed by atoms with Crippen LogP contribution in [0.5, 0.6) is 5.75 Å². The molecule has 0 aliphatic rings. The van der Waals surface area contributed by atoms with Crippen LogP contribution in [0.1, 0.15) is 21.6 Å². The van der Waals surface area contributed by atoms with Crippen LogP contribution < -0.4 is 10.2 Å². The van der Waals surface area contributed by atoms with E-state index in [1.807, 2.05) is 54.6 Å². The van der Waals surface area contributed by atoms with Crippen molar-refractivity contribution in [3.8, 4) is 17.0 Å². The summed E-state index contributed by atoms with van der Waals surface area (Å²) in [5, 5.41) is 11.8. The highest BCUT2D eigenvalue weighted by atomic mass is 35.5. The average Bonchev–Trinajstić information content (AvgIpc) is 3.31. The number of hydrogen-bond acceptors (Lipinski definition) is 4. The van der Waals surface area contributed by atoms with Crippen molar-refractivity contribution in [3.05, 3.63) is 106 Å². The van der Waals surface area contributed by atoms with Crippen molar-refractivity contribution in [2.24, 2.45) is 5.10 Å². The molecule has 6 nitrogen and oxygen atoms in total. The minimum Gasteiger partial charge on any atom is -0.489 e. The Morgan fingerprint density at radius 3 is 2.53 bits per heavy atom. The van der Waals surface area contributed by atoms with Gasteiger partial charge in [0.2, 0.25) is 0 Å². The molecule has 0 fully saturated rings. The quantitative estimate of drug-likeness (QED) is 0.270. The molecule has 0 bridgehead atoms. The topological polar surface area (TPSA) is 79.4 Å². The summed E-state index contributed by atoms with van der Waals surface area (Å²) in [5.41, 5.74) is 5.72. The highest BCUT2D eigenvalue weighted by Gasteiger charge is 2.11. The zero-order valence-corrected chi connectivity index (χ0v) is 18.3. The summed E-state index contributed by atoms with van der Waals surface area (Å²) in [5.74, 6) is 0.265. The Labute approximate surface area is 194 Å². The first-order valence-corrected chi connectivity index (χ1v) is 10.5. The van der Waals surface area contributed by atoms with Gasteiger partial charge in [0.05, 0.1) is 22.0 Å². The molecule has 2 N–H and O–H groups in total. The van der Waals surface area contributed by atoms with Gasteiger partial charge in [-0.2, -0.15) is 10.2 Å². The van der Waals surface area contributed by atoms with Crippen LogP contribution in [-0.4, -0.2) is 22.3 Å². The molecular formula is C24H18Cl2N4O2. The Hall–Kier alpha value is -3.61. The SMILES string of the molecule is O=C(N/N=C/c1c(Cl)cccc1Cl)c1cc(-c2cccc(OCc3ccccc3)c2)n[nH]1. The number of carbonyl (C=O) groups excluding carboxylic acids is 1. The van der Waals surface area contributed by atoms with Crippen LogP contribution in [0.25, 0.3) is 11.3 Å². The van der Waals surface area contributed by atoms with E-state index >= 15 is 0 Å². The molecule has 1 amide bonds. The Balaban J connectivity index is 1.41. The molecule has 160 valence electrons. The maximum atomic E-state index is 12.4. The van der Waals surface area contributed by atoms with Gasteiger partial charge in [-0.05, 0) is 35.9 Å². The lowest BCUT2D eigenvalue weighted by molar-refractivity contribution is 0.0950. The number of nitrogens with one attached hydrogen (secondary N) is 2. The minimum atomic E-state index is -0.445. The molecule has 0 spiro atoms. The summed E-state index contributed by atoms with van der Waals surface area (Å²) in [7, 11) is 0. The monoisotopic (exact) mass is 464 g/mol. The second-order valence-electron chi connectivity index (χ2n) is 6.80. The van der Waals surface area contributed by atoms with E-state index in [-0.39, 0.29) is 5.69 Å². The van der Waals surface area contributed by atoms with Crippen molar-refractivity contribution in [2.45, 2.75) is 6.61 Å². The van der Waals surface area contributed by atoms with Gasteiger partial charge >= 0.3 is 0 Å². The predicted molar refractivity (Wildman–Crippen MR) is 126 cm³/mol. The molecule has 1 heterocycles. The molecule has 3 aromatic carbocycles. The number of halogens is 2. The maximum Gasteiger partial charge on any atom is 0.289 e. The summed E-state index contributed by atoms with van der Waals surface area (Å²) in [6.07, 6.45) is 1.40. The number of rotatable bonds is 7. The van der Waals surface area contributed by atoms with Gasteiger partial charge in [-0.3, -0.25) is 9.89 Å². The Morgan fingerprint density at radius 1 is 1.00 bits per heavy atom. The van der Waals surface area contributed by atoms with Crippen LogP contribution in [0, 0.1) is 0 Å². The van der Waals surface area contributed by atoms with Crippen molar-refractivity contribution in [1.29, 1.82) is 0 Å². The molecule has 0 unspecified atom stereocenters. The molecule has 8 heteroatoms. The second kappa shape index (κ2) is 10.1. The predicted octanol–water partition coefficient (Wildman–Crippen LogP) is 5.73. The minimum absolute atomic E-state index is 0.262. The Morgan fingerprint density at radius 2 is 1.75 bits per heavy atom. The fourth-order valence-electron chi connectivity index (χ4n) is 2.92. The standard InChI is InChI=1S/C24H18Cl2N4O2/c25-20-10-5-11-21(26)19(20)14-27-30-24(31)23-13-22(28-29-23)17-8-4-9-18(12-17)32-15-16-6-2-1-3-7-16/h1-14H,15H2,(H,28,29)(H,30,31)/b27-14+. The highest BCUT2D eigenvalue weighted by Crippen LogP contribution is 2.24. The molecule has 4 aromatic rings. The van der Waals surface area contributed by atoms with Crippen molar-refractivity contribution in [3.63, 3.8) is 0 Å². The fraction of sp³-hybridized carbons (Fsp3) is 0.0417. The van der Waals surface area contributed by atoms with E-state index in [1.165, 1.54) is 6.21 Å². The molecule has 0 atom stereocenters. The van der Waals surface area contributed by atoms with Gasteiger partial charge in [0.1, 0.15) is 18.1 Å². The first kappa shape index (κ1) is 21.6. The van der Waals surface area contributed by atoms with E-state index in [2.05, 4.69) is 20.7 Å². The molecule has 1 aromatic heterocycles. The molecule has 0 radical (unpaired) electrons. The molecule has 0 aliphatic heterocycles. The Bertz CT molecular complexity index is 1240. The molecular weight excluding hydrogens is 447 g/mol. The van der Waals surface area contributed by atoms with E-state index in [0.29, 0.717) is 33.7 Å². The van der Waals surface area contributed by atoms with E-state index < -0.39 is 5.91 Å². The number of ether oxygens (including phenoxy) is 1. The van der Waals surface area contributed by atoms with E-state index in [4.69, 9.17) is 27.9 Å². The summed E-state index contributed by atoms with van der Waals surface area (Å²) in [4.78, 5) is 12.4. The summed E-state index contributed by atoms with van der Waals surface area (Å²) >= 11 is 12.2. The lowest BCUT2D eigenvalue weighted by Crippen LogP contribution is -2.18. The highest BCUT2D eigenvalue weighted by molar-refractivity contribution is 6.38. The average molecular weight is 465 g/mol. The summed E-state index contributed by atoms with van der Waals surface area (Å²) in [6, 6.07) is 24.2. The number of carbonyl (C=O) groups is 1. The summed E-state index contributed by atoms with van der Waals surface area (Å²) < 4.78 is 5.86. The lowest BCUT2D eigenvalue weighted by atomic mass is 10.1.